The molecule has 1 aliphatic rings. The van der Waals surface area contributed by atoms with E-state index >= 15 is 0 Å². The average molecular weight is 275 g/mol. The number of hydrogen-bond donors (Lipinski definition) is 2. The first-order valence-electron chi connectivity index (χ1n) is 7.01. The van der Waals surface area contributed by atoms with E-state index in [0.717, 1.165) is 24.9 Å². The van der Waals surface area contributed by atoms with Gasteiger partial charge in [0.2, 0.25) is 11.8 Å². The van der Waals surface area contributed by atoms with E-state index in [1.54, 1.807) is 4.90 Å². The van der Waals surface area contributed by atoms with Crippen molar-refractivity contribution in [3.63, 3.8) is 0 Å². The highest BCUT2D eigenvalue weighted by atomic mass is 16.2. The molecule has 5 nitrogen and oxygen atoms in total. The molecule has 5 heteroatoms. The molecule has 1 aromatic carbocycles. The molecule has 3 N–H and O–H groups in total. The molecular formula is C15H21N3O2. The number of hydrogen-bond acceptors (Lipinski definition) is 3. The predicted octanol–water partition coefficient (Wildman–Crippen LogP) is 0.643. The maximum Gasteiger partial charge on any atom is 0.240 e. The van der Waals surface area contributed by atoms with Gasteiger partial charge in [0, 0.05) is 19.5 Å². The van der Waals surface area contributed by atoms with Crippen LogP contribution in [0.5, 0.6) is 0 Å². The van der Waals surface area contributed by atoms with Crippen molar-refractivity contribution in [2.45, 2.75) is 31.8 Å². The van der Waals surface area contributed by atoms with Crippen LogP contribution in [0.1, 0.15) is 24.8 Å². The molecule has 0 unspecified atom stereocenters. The number of amides is 2. The Labute approximate surface area is 119 Å². The third-order valence-electron chi connectivity index (χ3n) is 3.51. The summed E-state index contributed by atoms with van der Waals surface area (Å²) in [6.45, 7) is 1.78. The fraction of sp³-hybridized carbons (Fsp3) is 0.467. The Kier molecular flexibility index (Phi) is 5.12. The first-order chi connectivity index (χ1) is 9.66. The second kappa shape index (κ2) is 7.05. The Morgan fingerprint density at radius 3 is 2.65 bits per heavy atom. The highest BCUT2D eigenvalue weighted by molar-refractivity contribution is 5.83. The van der Waals surface area contributed by atoms with Crippen LogP contribution in [0, 0.1) is 0 Å². The number of benzene rings is 1. The Morgan fingerprint density at radius 2 is 2.05 bits per heavy atom. The zero-order chi connectivity index (χ0) is 14.4. The van der Waals surface area contributed by atoms with Gasteiger partial charge in [-0.3, -0.25) is 9.59 Å². The lowest BCUT2D eigenvalue weighted by atomic mass is 10.1. The lowest BCUT2D eigenvalue weighted by Gasteiger charge is -2.25. The number of carbonyl (C=O) groups is 2. The summed E-state index contributed by atoms with van der Waals surface area (Å²) in [7, 11) is 0. The summed E-state index contributed by atoms with van der Waals surface area (Å²) in [6.07, 6.45) is 2.08. The molecule has 2 rings (SSSR count). The van der Waals surface area contributed by atoms with Crippen LogP contribution in [0.25, 0.3) is 0 Å². The van der Waals surface area contributed by atoms with Gasteiger partial charge in [-0.15, -0.1) is 0 Å². The van der Waals surface area contributed by atoms with Crippen LogP contribution < -0.4 is 11.1 Å². The van der Waals surface area contributed by atoms with Crippen LogP contribution in [0.3, 0.4) is 0 Å². The summed E-state index contributed by atoms with van der Waals surface area (Å²) < 4.78 is 0. The van der Waals surface area contributed by atoms with Crippen LogP contribution in [-0.4, -0.2) is 35.8 Å². The fourth-order valence-electron chi connectivity index (χ4n) is 2.43. The Morgan fingerprint density at radius 1 is 1.30 bits per heavy atom. The molecule has 1 heterocycles. The maximum absolute atomic E-state index is 12.5. The Hall–Kier alpha value is -1.88. The largest absolute Gasteiger partial charge is 0.370 e. The highest BCUT2D eigenvalue weighted by Crippen LogP contribution is 2.12. The standard InChI is InChI=1S/C15H21N3O2/c16-14(19)8-10-18(11-12-5-2-1-3-6-12)15(20)13-7-4-9-17-13/h1-3,5-6,13,17H,4,7-11H2,(H2,16,19)/t13-/m1/s1. The lowest BCUT2D eigenvalue weighted by molar-refractivity contribution is -0.134. The Balaban J connectivity index is 2.03. The van der Waals surface area contributed by atoms with E-state index in [0.29, 0.717) is 13.1 Å². The molecule has 2 amide bonds. The Bertz CT molecular complexity index is 455. The van der Waals surface area contributed by atoms with Crippen LogP contribution in [0.2, 0.25) is 0 Å². The van der Waals surface area contributed by atoms with Gasteiger partial charge in [0.05, 0.1) is 6.04 Å². The van der Waals surface area contributed by atoms with Gasteiger partial charge in [0.1, 0.15) is 0 Å². The normalized spacial score (nSPS) is 17.9. The second-order valence-electron chi connectivity index (χ2n) is 5.11. The number of rotatable bonds is 6. The average Bonchev–Trinajstić information content (AvgIpc) is 2.97. The second-order valence-corrected chi connectivity index (χ2v) is 5.11. The fourth-order valence-corrected chi connectivity index (χ4v) is 2.43. The van der Waals surface area contributed by atoms with Crippen molar-refractivity contribution in [1.82, 2.24) is 10.2 Å². The van der Waals surface area contributed by atoms with E-state index in [1.807, 2.05) is 30.3 Å². The van der Waals surface area contributed by atoms with Crippen molar-refractivity contribution < 1.29 is 9.59 Å². The summed E-state index contributed by atoms with van der Waals surface area (Å²) >= 11 is 0. The first-order valence-corrected chi connectivity index (χ1v) is 7.01. The molecule has 1 fully saturated rings. The zero-order valence-corrected chi connectivity index (χ0v) is 11.5. The molecule has 1 saturated heterocycles. The molecule has 108 valence electrons. The first kappa shape index (κ1) is 14.5. The number of nitrogens with one attached hydrogen (secondary N) is 1. The summed E-state index contributed by atoms with van der Waals surface area (Å²) in [6, 6.07) is 9.67. The topological polar surface area (TPSA) is 75.4 Å². The van der Waals surface area contributed by atoms with E-state index < -0.39 is 0 Å². The number of primary amides is 1. The van der Waals surface area contributed by atoms with E-state index in [1.165, 1.54) is 0 Å². The minimum absolute atomic E-state index is 0.0626. The van der Waals surface area contributed by atoms with Gasteiger partial charge in [-0.25, -0.2) is 0 Å². The molecule has 0 aliphatic carbocycles. The van der Waals surface area contributed by atoms with Gasteiger partial charge in [0.25, 0.3) is 0 Å². The van der Waals surface area contributed by atoms with Crippen molar-refractivity contribution in [2.75, 3.05) is 13.1 Å². The van der Waals surface area contributed by atoms with Crippen LogP contribution in [0.4, 0.5) is 0 Å². The maximum atomic E-state index is 12.5. The van der Waals surface area contributed by atoms with Crippen LogP contribution >= 0.6 is 0 Å². The summed E-state index contributed by atoms with van der Waals surface area (Å²) in [4.78, 5) is 25.2. The van der Waals surface area contributed by atoms with Gasteiger partial charge >= 0.3 is 0 Å². The molecule has 1 atom stereocenters. The molecule has 0 aromatic heterocycles. The minimum Gasteiger partial charge on any atom is -0.370 e. The van der Waals surface area contributed by atoms with E-state index in [-0.39, 0.29) is 24.3 Å². The third kappa shape index (κ3) is 4.06. The van der Waals surface area contributed by atoms with Gasteiger partial charge in [-0.2, -0.15) is 0 Å². The third-order valence-corrected chi connectivity index (χ3v) is 3.51. The molecule has 0 spiro atoms. The van der Waals surface area contributed by atoms with Gasteiger partial charge < -0.3 is 16.0 Å². The summed E-state index contributed by atoms with van der Waals surface area (Å²) in [5.74, 6) is -0.317. The number of nitrogens with zero attached hydrogens (tertiary/aromatic N) is 1. The molecule has 0 saturated carbocycles. The number of carbonyl (C=O) groups excluding carboxylic acids is 2. The summed E-state index contributed by atoms with van der Waals surface area (Å²) in [5.41, 5.74) is 6.25. The highest BCUT2D eigenvalue weighted by Gasteiger charge is 2.26. The van der Waals surface area contributed by atoms with E-state index in [4.69, 9.17) is 5.73 Å². The van der Waals surface area contributed by atoms with E-state index in [9.17, 15) is 9.59 Å². The quantitative estimate of drug-likeness (QED) is 0.800. The SMILES string of the molecule is NC(=O)CCN(Cc1ccccc1)C(=O)[C@H]1CCCN1. The molecule has 0 bridgehead atoms. The molecular weight excluding hydrogens is 254 g/mol. The van der Waals surface area contributed by atoms with E-state index in [2.05, 4.69) is 5.32 Å². The van der Waals surface area contributed by atoms with Crippen molar-refractivity contribution in [3.8, 4) is 0 Å². The number of nitrogens with two attached hydrogens (primary N) is 1. The summed E-state index contributed by atoms with van der Waals surface area (Å²) in [5, 5.41) is 3.20. The van der Waals surface area contributed by atoms with Crippen molar-refractivity contribution in [3.05, 3.63) is 35.9 Å². The van der Waals surface area contributed by atoms with Crippen molar-refractivity contribution in [2.24, 2.45) is 5.73 Å². The predicted molar refractivity (Wildman–Crippen MR) is 76.7 cm³/mol. The van der Waals surface area contributed by atoms with Gasteiger partial charge in [-0.1, -0.05) is 30.3 Å². The lowest BCUT2D eigenvalue weighted by Crippen LogP contribution is -2.44. The molecule has 0 radical (unpaired) electrons. The van der Waals surface area contributed by atoms with Gasteiger partial charge in [0.15, 0.2) is 0 Å². The molecule has 1 aliphatic heterocycles. The van der Waals surface area contributed by atoms with Crippen molar-refractivity contribution >= 4 is 11.8 Å². The van der Waals surface area contributed by atoms with Crippen LogP contribution in [-0.2, 0) is 16.1 Å². The smallest absolute Gasteiger partial charge is 0.240 e. The monoisotopic (exact) mass is 275 g/mol. The molecule has 20 heavy (non-hydrogen) atoms. The van der Waals surface area contributed by atoms with Crippen LogP contribution in [0.15, 0.2) is 30.3 Å². The minimum atomic E-state index is -0.379. The zero-order valence-electron chi connectivity index (χ0n) is 11.5. The van der Waals surface area contributed by atoms with Gasteiger partial charge in [-0.05, 0) is 24.9 Å². The molecule has 1 aromatic rings. The van der Waals surface area contributed by atoms with Crippen molar-refractivity contribution in [1.29, 1.82) is 0 Å².